The van der Waals surface area contributed by atoms with Crippen molar-refractivity contribution < 1.29 is 30.0 Å². The van der Waals surface area contributed by atoms with Gasteiger partial charge in [-0.15, -0.1) is 0 Å². The van der Waals surface area contributed by atoms with Crippen molar-refractivity contribution in [3.8, 4) is 0 Å². The van der Waals surface area contributed by atoms with E-state index >= 15 is 0 Å². The summed E-state index contributed by atoms with van der Waals surface area (Å²) in [5.74, 6) is -0.971. The Labute approximate surface area is 209 Å². The van der Waals surface area contributed by atoms with Crippen LogP contribution in [0.2, 0.25) is 0 Å². The van der Waals surface area contributed by atoms with Crippen LogP contribution in [0, 0.1) is 5.92 Å². The summed E-state index contributed by atoms with van der Waals surface area (Å²) in [5, 5.41) is 36.9. The molecule has 0 aromatic rings. The molecule has 6 nitrogen and oxygen atoms in total. The highest BCUT2D eigenvalue weighted by Crippen LogP contribution is 2.20. The summed E-state index contributed by atoms with van der Waals surface area (Å²) in [6.45, 7) is 1.17. The molecule has 0 aromatic heterocycles. The molecular formula is C28H56O6. The van der Waals surface area contributed by atoms with E-state index in [1.54, 1.807) is 0 Å². The first-order chi connectivity index (χ1) is 16.5. The van der Waals surface area contributed by atoms with Gasteiger partial charge in [-0.2, -0.15) is 0 Å². The van der Waals surface area contributed by atoms with Crippen LogP contribution in [0.4, 0.5) is 0 Å². The summed E-state index contributed by atoms with van der Waals surface area (Å²) in [7, 11) is 0. The number of carbonyl (C=O) groups excluding carboxylic acids is 1. The fraction of sp³-hybridized carbons (Fsp3) is 0.964. The molecule has 0 rings (SSSR count). The zero-order chi connectivity index (χ0) is 25.3. The maximum absolute atomic E-state index is 12.2. The monoisotopic (exact) mass is 488 g/mol. The Kier molecular flexibility index (Phi) is 24.9. The third-order valence-corrected chi connectivity index (χ3v) is 6.64. The van der Waals surface area contributed by atoms with E-state index in [0.717, 1.165) is 19.3 Å². The minimum atomic E-state index is -1.09. The van der Waals surface area contributed by atoms with Gasteiger partial charge < -0.3 is 25.2 Å². The Bertz CT molecular complexity index is 431. The summed E-state index contributed by atoms with van der Waals surface area (Å²) in [6.07, 6.45) is 22.3. The van der Waals surface area contributed by atoms with Crippen LogP contribution in [0.1, 0.15) is 135 Å². The van der Waals surface area contributed by atoms with Crippen molar-refractivity contribution in [3.63, 3.8) is 0 Å². The highest BCUT2D eigenvalue weighted by atomic mass is 16.5. The quantitative estimate of drug-likeness (QED) is 0.0922. The number of hydrogen-bond donors (Lipinski definition) is 4. The van der Waals surface area contributed by atoms with Gasteiger partial charge in [0.25, 0.3) is 0 Å². The molecule has 3 unspecified atom stereocenters. The van der Waals surface area contributed by atoms with Gasteiger partial charge >= 0.3 is 5.97 Å². The largest absolute Gasteiger partial charge is 0.463 e. The fourth-order valence-corrected chi connectivity index (χ4v) is 4.38. The molecule has 204 valence electrons. The van der Waals surface area contributed by atoms with Crippen molar-refractivity contribution in [1.82, 2.24) is 0 Å². The molecule has 0 aliphatic rings. The molecule has 0 heterocycles. The van der Waals surface area contributed by atoms with Crippen LogP contribution < -0.4 is 0 Å². The van der Waals surface area contributed by atoms with Gasteiger partial charge in [-0.1, -0.05) is 122 Å². The third-order valence-electron chi connectivity index (χ3n) is 6.64. The van der Waals surface area contributed by atoms with Gasteiger partial charge in [0, 0.05) is 0 Å². The van der Waals surface area contributed by atoms with E-state index in [2.05, 4.69) is 6.92 Å². The lowest BCUT2D eigenvalue weighted by Gasteiger charge is -2.19. The predicted molar refractivity (Wildman–Crippen MR) is 139 cm³/mol. The second-order valence-corrected chi connectivity index (χ2v) is 10.0. The van der Waals surface area contributed by atoms with E-state index < -0.39 is 30.7 Å². The summed E-state index contributed by atoms with van der Waals surface area (Å²) in [5.41, 5.74) is 0. The number of hydrogen-bond acceptors (Lipinski definition) is 6. The zero-order valence-corrected chi connectivity index (χ0v) is 22.1. The third kappa shape index (κ3) is 21.8. The zero-order valence-electron chi connectivity index (χ0n) is 22.1. The molecule has 6 heteroatoms. The van der Waals surface area contributed by atoms with Crippen LogP contribution in [0.5, 0.6) is 0 Å². The van der Waals surface area contributed by atoms with Gasteiger partial charge in [0.05, 0.1) is 25.2 Å². The molecule has 0 spiro atoms. The lowest BCUT2D eigenvalue weighted by molar-refractivity contribution is -0.153. The Morgan fingerprint density at radius 3 is 1.38 bits per heavy atom. The number of unbranched alkanes of at least 4 members (excludes halogenated alkanes) is 17. The molecule has 0 saturated carbocycles. The molecule has 0 aliphatic carbocycles. The van der Waals surface area contributed by atoms with Crippen LogP contribution in [-0.2, 0) is 9.53 Å². The van der Waals surface area contributed by atoms with E-state index in [0.29, 0.717) is 6.42 Å². The van der Waals surface area contributed by atoms with Crippen LogP contribution >= 0.6 is 0 Å². The van der Waals surface area contributed by atoms with Crippen LogP contribution in [0.3, 0.4) is 0 Å². The lowest BCUT2D eigenvalue weighted by Crippen LogP contribution is -2.28. The number of ether oxygens (including phenoxy) is 1. The standard InChI is InChI=1S/C28H56O6/c1-2-3-4-5-6-7-8-9-10-11-12-13-14-15-16-17-18-19-20-25(21-26(31)22-29)28(33)34-24-27(32)23-30/h25-27,29-32H,2-24H2,1H3. The highest BCUT2D eigenvalue weighted by molar-refractivity contribution is 5.72. The number of aliphatic hydroxyl groups excluding tert-OH is 4. The Hall–Kier alpha value is -0.690. The van der Waals surface area contributed by atoms with Gasteiger partial charge in [-0.05, 0) is 12.8 Å². The van der Waals surface area contributed by atoms with Crippen LogP contribution in [0.25, 0.3) is 0 Å². The second kappa shape index (κ2) is 25.4. The lowest BCUT2D eigenvalue weighted by atomic mass is 9.94. The maximum atomic E-state index is 12.2. The topological polar surface area (TPSA) is 107 Å². The van der Waals surface area contributed by atoms with Crippen molar-refractivity contribution in [3.05, 3.63) is 0 Å². The smallest absolute Gasteiger partial charge is 0.309 e. The Balaban J connectivity index is 3.62. The summed E-state index contributed by atoms with van der Waals surface area (Å²) < 4.78 is 5.05. The highest BCUT2D eigenvalue weighted by Gasteiger charge is 2.23. The van der Waals surface area contributed by atoms with Gasteiger partial charge in [0.2, 0.25) is 0 Å². The van der Waals surface area contributed by atoms with Crippen molar-refractivity contribution in [2.24, 2.45) is 5.92 Å². The van der Waals surface area contributed by atoms with Crippen molar-refractivity contribution in [2.45, 2.75) is 148 Å². The Morgan fingerprint density at radius 1 is 0.618 bits per heavy atom. The first kappa shape index (κ1) is 33.3. The van der Waals surface area contributed by atoms with E-state index in [9.17, 15) is 15.0 Å². The Morgan fingerprint density at radius 2 is 1.00 bits per heavy atom. The van der Waals surface area contributed by atoms with E-state index in [1.807, 2.05) is 0 Å². The van der Waals surface area contributed by atoms with E-state index in [-0.39, 0.29) is 19.6 Å². The number of esters is 1. The fourth-order valence-electron chi connectivity index (χ4n) is 4.38. The molecule has 0 amide bonds. The molecule has 0 bridgehead atoms. The predicted octanol–water partition coefficient (Wildman–Crippen LogP) is 5.67. The summed E-state index contributed by atoms with van der Waals surface area (Å²) >= 11 is 0. The molecule has 0 aliphatic heterocycles. The van der Waals surface area contributed by atoms with Crippen molar-refractivity contribution in [2.75, 3.05) is 19.8 Å². The molecular weight excluding hydrogens is 432 g/mol. The summed E-state index contributed by atoms with van der Waals surface area (Å²) in [6, 6.07) is 0. The van der Waals surface area contributed by atoms with Crippen molar-refractivity contribution in [1.29, 1.82) is 0 Å². The molecule has 0 saturated heterocycles. The molecule has 3 atom stereocenters. The van der Waals surface area contributed by atoms with Gasteiger partial charge in [-0.25, -0.2) is 0 Å². The van der Waals surface area contributed by atoms with Gasteiger partial charge in [-0.3, -0.25) is 4.79 Å². The SMILES string of the molecule is CCCCCCCCCCCCCCCCCCCCC(CC(O)CO)C(=O)OCC(O)CO. The minimum Gasteiger partial charge on any atom is -0.463 e. The maximum Gasteiger partial charge on any atom is 0.309 e. The normalized spacial score (nSPS) is 14.1. The number of carbonyl (C=O) groups is 1. The number of rotatable bonds is 26. The van der Waals surface area contributed by atoms with E-state index in [4.69, 9.17) is 14.9 Å². The first-order valence-corrected chi connectivity index (χ1v) is 14.3. The van der Waals surface area contributed by atoms with Gasteiger partial charge in [0.1, 0.15) is 12.7 Å². The molecule has 34 heavy (non-hydrogen) atoms. The second-order valence-electron chi connectivity index (χ2n) is 10.0. The van der Waals surface area contributed by atoms with Crippen molar-refractivity contribution >= 4 is 5.97 Å². The molecule has 0 radical (unpaired) electrons. The average Bonchev–Trinajstić information content (AvgIpc) is 2.85. The molecule has 4 N–H and O–H groups in total. The molecule has 0 aromatic carbocycles. The molecule has 0 fully saturated rings. The van der Waals surface area contributed by atoms with Crippen LogP contribution in [-0.4, -0.2) is 58.4 Å². The minimum absolute atomic E-state index is 0.156. The van der Waals surface area contributed by atoms with Gasteiger partial charge in [0.15, 0.2) is 0 Å². The van der Waals surface area contributed by atoms with E-state index in [1.165, 1.54) is 96.3 Å². The number of aliphatic hydroxyl groups is 4. The van der Waals surface area contributed by atoms with Crippen LogP contribution in [0.15, 0.2) is 0 Å². The summed E-state index contributed by atoms with van der Waals surface area (Å²) in [4.78, 5) is 12.2. The first-order valence-electron chi connectivity index (χ1n) is 14.3. The average molecular weight is 489 g/mol.